The largest absolute Gasteiger partial charge is 0.379 e. The van der Waals surface area contributed by atoms with Crippen molar-refractivity contribution in [2.45, 2.75) is 39.4 Å². The van der Waals surface area contributed by atoms with Crippen molar-refractivity contribution in [2.75, 3.05) is 13.2 Å². The predicted octanol–water partition coefficient (Wildman–Crippen LogP) is 1.84. The smallest absolute Gasteiger partial charge is 0.0834 e. The monoisotopic (exact) mass is 158 g/mol. The van der Waals surface area contributed by atoms with E-state index in [0.717, 1.165) is 19.6 Å². The maximum absolute atomic E-state index is 5.75. The third kappa shape index (κ3) is 2.80. The highest BCUT2D eigenvalue weighted by Crippen LogP contribution is 2.14. The van der Waals surface area contributed by atoms with E-state index in [1.54, 1.807) is 0 Å². The zero-order valence-corrected chi connectivity index (χ0v) is 7.67. The minimum atomic E-state index is 0.354. The van der Waals surface area contributed by atoms with E-state index < -0.39 is 0 Å². The molecule has 0 aromatic carbocycles. The van der Waals surface area contributed by atoms with Gasteiger partial charge in [-0.25, -0.2) is 0 Å². The Labute approximate surface area is 68.9 Å². The summed E-state index contributed by atoms with van der Waals surface area (Å²) < 4.78 is 11.0. The van der Waals surface area contributed by atoms with Crippen LogP contribution >= 0.6 is 0 Å². The summed E-state index contributed by atoms with van der Waals surface area (Å²) in [5.74, 6) is 0.607. The van der Waals surface area contributed by atoms with Gasteiger partial charge in [-0.3, -0.25) is 0 Å². The normalized spacial score (nSPS) is 27.8. The van der Waals surface area contributed by atoms with E-state index in [0.29, 0.717) is 18.1 Å². The third-order valence-electron chi connectivity index (χ3n) is 2.23. The minimum Gasteiger partial charge on any atom is -0.379 e. The summed E-state index contributed by atoms with van der Waals surface area (Å²) in [5, 5.41) is 0. The first-order valence-corrected chi connectivity index (χ1v) is 4.43. The average molecular weight is 158 g/mol. The molecule has 1 fully saturated rings. The van der Waals surface area contributed by atoms with Crippen LogP contribution in [0.2, 0.25) is 0 Å². The van der Waals surface area contributed by atoms with Gasteiger partial charge < -0.3 is 9.47 Å². The molecule has 1 aliphatic rings. The zero-order valence-electron chi connectivity index (χ0n) is 7.67. The van der Waals surface area contributed by atoms with Crippen LogP contribution in [0.25, 0.3) is 0 Å². The molecule has 0 aromatic heterocycles. The molecule has 2 nitrogen and oxygen atoms in total. The lowest BCUT2D eigenvalue weighted by molar-refractivity contribution is -0.0276. The van der Waals surface area contributed by atoms with Crippen LogP contribution < -0.4 is 0 Å². The van der Waals surface area contributed by atoms with Crippen molar-refractivity contribution in [1.29, 1.82) is 0 Å². The van der Waals surface area contributed by atoms with E-state index in [1.165, 1.54) is 0 Å². The van der Waals surface area contributed by atoms with E-state index in [9.17, 15) is 0 Å². The molecule has 0 bridgehead atoms. The molecular formula is C9H18O2. The van der Waals surface area contributed by atoms with Crippen molar-refractivity contribution >= 4 is 0 Å². The van der Waals surface area contributed by atoms with Gasteiger partial charge >= 0.3 is 0 Å². The summed E-state index contributed by atoms with van der Waals surface area (Å²) in [7, 11) is 0. The molecule has 2 atom stereocenters. The van der Waals surface area contributed by atoms with Crippen molar-refractivity contribution in [3.05, 3.63) is 0 Å². The molecule has 0 aliphatic carbocycles. The summed E-state index contributed by atoms with van der Waals surface area (Å²) in [4.78, 5) is 0. The van der Waals surface area contributed by atoms with Crippen molar-refractivity contribution in [2.24, 2.45) is 5.92 Å². The molecule has 0 radical (unpaired) electrons. The first kappa shape index (κ1) is 9.01. The van der Waals surface area contributed by atoms with E-state index in [4.69, 9.17) is 9.47 Å². The summed E-state index contributed by atoms with van der Waals surface area (Å²) in [6, 6.07) is 0. The van der Waals surface area contributed by atoms with Gasteiger partial charge in [-0.2, -0.15) is 0 Å². The summed E-state index contributed by atoms with van der Waals surface area (Å²) in [6.07, 6.45) is 1.78. The van der Waals surface area contributed by atoms with Gasteiger partial charge in [-0.05, 0) is 19.3 Å². The molecule has 0 aromatic rings. The molecular weight excluding hydrogens is 140 g/mol. The molecule has 0 N–H and O–H groups in total. The Morgan fingerprint density at radius 3 is 2.55 bits per heavy atom. The highest BCUT2D eigenvalue weighted by molar-refractivity contribution is 4.66. The number of ether oxygens (including phenoxy) is 2. The van der Waals surface area contributed by atoms with Crippen LogP contribution in [-0.2, 0) is 9.47 Å². The second-order valence-electron chi connectivity index (χ2n) is 3.57. The van der Waals surface area contributed by atoms with Crippen molar-refractivity contribution < 1.29 is 9.47 Å². The fraction of sp³-hybridized carbons (Fsp3) is 1.00. The SMILES string of the molecule is CC(C)C(C)OC1CCOC1. The fourth-order valence-corrected chi connectivity index (χ4v) is 1.08. The summed E-state index contributed by atoms with van der Waals surface area (Å²) in [6.45, 7) is 8.15. The maximum atomic E-state index is 5.75. The molecule has 0 spiro atoms. The summed E-state index contributed by atoms with van der Waals surface area (Å²) in [5.41, 5.74) is 0. The van der Waals surface area contributed by atoms with Gasteiger partial charge in [0.05, 0.1) is 18.8 Å². The van der Waals surface area contributed by atoms with Crippen LogP contribution in [0.3, 0.4) is 0 Å². The predicted molar refractivity (Wildman–Crippen MR) is 44.6 cm³/mol. The Morgan fingerprint density at radius 1 is 1.36 bits per heavy atom. The minimum absolute atomic E-state index is 0.354. The fourth-order valence-electron chi connectivity index (χ4n) is 1.08. The average Bonchev–Trinajstić information content (AvgIpc) is 2.39. The Bertz CT molecular complexity index is 106. The molecule has 1 rings (SSSR count). The standard InChI is InChI=1S/C9H18O2/c1-7(2)8(3)11-9-4-5-10-6-9/h7-9H,4-6H2,1-3H3. The molecule has 1 saturated heterocycles. The van der Waals surface area contributed by atoms with Gasteiger partial charge in [0, 0.05) is 6.61 Å². The van der Waals surface area contributed by atoms with Gasteiger partial charge in [0.1, 0.15) is 0 Å². The lowest BCUT2D eigenvalue weighted by atomic mass is 10.1. The van der Waals surface area contributed by atoms with Crippen LogP contribution in [0.4, 0.5) is 0 Å². The lowest BCUT2D eigenvalue weighted by Gasteiger charge is -2.20. The molecule has 1 aliphatic heterocycles. The topological polar surface area (TPSA) is 18.5 Å². The van der Waals surface area contributed by atoms with E-state index in [2.05, 4.69) is 20.8 Å². The van der Waals surface area contributed by atoms with Crippen molar-refractivity contribution in [1.82, 2.24) is 0 Å². The Hall–Kier alpha value is -0.0800. The first-order chi connectivity index (χ1) is 5.20. The molecule has 0 amide bonds. The Kier molecular flexibility index (Phi) is 3.34. The van der Waals surface area contributed by atoms with E-state index >= 15 is 0 Å². The molecule has 1 heterocycles. The number of hydrogen-bond donors (Lipinski definition) is 0. The Morgan fingerprint density at radius 2 is 2.09 bits per heavy atom. The van der Waals surface area contributed by atoms with Gasteiger partial charge in [-0.1, -0.05) is 13.8 Å². The highest BCUT2D eigenvalue weighted by atomic mass is 16.5. The molecule has 11 heavy (non-hydrogen) atoms. The van der Waals surface area contributed by atoms with Crippen LogP contribution in [0.15, 0.2) is 0 Å². The Balaban J connectivity index is 2.18. The van der Waals surface area contributed by atoms with Gasteiger partial charge in [0.2, 0.25) is 0 Å². The highest BCUT2D eigenvalue weighted by Gasteiger charge is 2.19. The van der Waals surface area contributed by atoms with Crippen LogP contribution in [0, 0.1) is 5.92 Å². The second kappa shape index (κ2) is 4.07. The number of rotatable bonds is 3. The van der Waals surface area contributed by atoms with E-state index in [-0.39, 0.29) is 0 Å². The quantitative estimate of drug-likeness (QED) is 0.624. The maximum Gasteiger partial charge on any atom is 0.0834 e. The van der Waals surface area contributed by atoms with Crippen LogP contribution in [-0.4, -0.2) is 25.4 Å². The zero-order chi connectivity index (χ0) is 8.27. The summed E-state index contributed by atoms with van der Waals surface area (Å²) >= 11 is 0. The molecule has 2 heteroatoms. The van der Waals surface area contributed by atoms with Crippen molar-refractivity contribution in [3.8, 4) is 0 Å². The third-order valence-corrected chi connectivity index (χ3v) is 2.23. The van der Waals surface area contributed by atoms with Gasteiger partial charge in [-0.15, -0.1) is 0 Å². The first-order valence-electron chi connectivity index (χ1n) is 4.43. The van der Waals surface area contributed by atoms with Crippen LogP contribution in [0.1, 0.15) is 27.2 Å². The lowest BCUT2D eigenvalue weighted by Crippen LogP contribution is -2.23. The molecule has 0 saturated carbocycles. The number of hydrogen-bond acceptors (Lipinski definition) is 2. The molecule has 66 valence electrons. The van der Waals surface area contributed by atoms with Crippen molar-refractivity contribution in [3.63, 3.8) is 0 Å². The second-order valence-corrected chi connectivity index (χ2v) is 3.57. The van der Waals surface area contributed by atoms with Crippen LogP contribution in [0.5, 0.6) is 0 Å². The van der Waals surface area contributed by atoms with E-state index in [1.807, 2.05) is 0 Å². The van der Waals surface area contributed by atoms with Gasteiger partial charge in [0.25, 0.3) is 0 Å². The molecule has 2 unspecified atom stereocenters. The van der Waals surface area contributed by atoms with Gasteiger partial charge in [0.15, 0.2) is 0 Å².